The van der Waals surface area contributed by atoms with Gasteiger partial charge >= 0.3 is 0 Å². The van der Waals surface area contributed by atoms with Gasteiger partial charge in [0.2, 0.25) is 0 Å². The number of halogens is 1. The van der Waals surface area contributed by atoms with Gasteiger partial charge < -0.3 is 15.6 Å². The zero-order chi connectivity index (χ0) is 15.5. The number of hydrogen-bond donors (Lipinski definition) is 4. The molecule has 0 bridgehead atoms. The lowest BCUT2D eigenvalue weighted by atomic mass is 10.1. The highest BCUT2D eigenvalue weighted by atomic mass is 79.9. The monoisotopic (exact) mass is 360 g/mol. The van der Waals surface area contributed by atoms with Crippen molar-refractivity contribution in [2.24, 2.45) is 5.16 Å². The Kier molecular flexibility index (Phi) is 3.97. The number of hydrogen-bond acceptors (Lipinski definition) is 5. The Hall–Kier alpha value is -2.54. The van der Waals surface area contributed by atoms with E-state index in [0.717, 1.165) is 26.6 Å². The summed E-state index contributed by atoms with van der Waals surface area (Å²) in [4.78, 5) is 0. The van der Waals surface area contributed by atoms with Crippen LogP contribution in [-0.2, 0) is 0 Å². The number of oxime groups is 1. The van der Waals surface area contributed by atoms with E-state index in [1.165, 1.54) is 0 Å². The molecule has 4 N–H and O–H groups in total. The molecule has 6 nitrogen and oxygen atoms in total. The molecular weight excluding hydrogens is 348 g/mol. The molecule has 0 aliphatic carbocycles. The first-order valence-corrected chi connectivity index (χ1v) is 7.33. The Balaban J connectivity index is 1.83. The summed E-state index contributed by atoms with van der Waals surface area (Å²) >= 11 is 3.45. The summed E-state index contributed by atoms with van der Waals surface area (Å²) in [7, 11) is 0. The third kappa shape index (κ3) is 2.89. The molecule has 0 aliphatic heterocycles. The molecule has 7 heteroatoms. The van der Waals surface area contributed by atoms with Crippen molar-refractivity contribution >= 4 is 38.2 Å². The molecule has 3 aromatic rings. The lowest BCUT2D eigenvalue weighted by Crippen LogP contribution is -2.15. The molecular formula is C15H13BrN4O2. The van der Waals surface area contributed by atoms with Crippen LogP contribution in [0.4, 0.5) is 5.69 Å². The molecule has 0 saturated carbocycles. The molecule has 0 fully saturated rings. The van der Waals surface area contributed by atoms with Crippen LogP contribution in [0.25, 0.3) is 10.9 Å². The predicted molar refractivity (Wildman–Crippen MR) is 88.7 cm³/mol. The van der Waals surface area contributed by atoms with Crippen LogP contribution in [0.3, 0.4) is 0 Å². The number of anilines is 1. The number of benzene rings is 2. The van der Waals surface area contributed by atoms with Crippen molar-refractivity contribution in [1.29, 1.82) is 0 Å². The van der Waals surface area contributed by atoms with Crippen molar-refractivity contribution in [2.45, 2.75) is 0 Å². The van der Waals surface area contributed by atoms with Gasteiger partial charge in [-0.25, -0.2) is 0 Å². The van der Waals surface area contributed by atoms with Crippen molar-refractivity contribution in [3.8, 4) is 5.75 Å². The van der Waals surface area contributed by atoms with Gasteiger partial charge in [0.15, 0.2) is 0 Å². The van der Waals surface area contributed by atoms with Crippen LogP contribution >= 0.6 is 15.9 Å². The molecule has 0 saturated heterocycles. The van der Waals surface area contributed by atoms with Gasteiger partial charge in [-0.3, -0.25) is 5.10 Å². The summed E-state index contributed by atoms with van der Waals surface area (Å²) in [5, 5.41) is 33.0. The minimum atomic E-state index is 0.168. The van der Waals surface area contributed by atoms with Crippen molar-refractivity contribution in [2.75, 3.05) is 11.9 Å². The van der Waals surface area contributed by atoms with E-state index < -0.39 is 0 Å². The molecule has 1 aromatic heterocycles. The molecule has 22 heavy (non-hydrogen) atoms. The van der Waals surface area contributed by atoms with E-state index >= 15 is 0 Å². The van der Waals surface area contributed by atoms with Crippen molar-refractivity contribution in [1.82, 2.24) is 10.2 Å². The normalized spacial score (nSPS) is 11.8. The summed E-state index contributed by atoms with van der Waals surface area (Å²) in [6.07, 6.45) is 1.74. The second-order valence-corrected chi connectivity index (χ2v) is 5.65. The zero-order valence-corrected chi connectivity index (χ0v) is 13.0. The molecule has 3 rings (SSSR count). The number of rotatable bonds is 4. The standard InChI is InChI=1S/C15H13BrN4O2/c16-10-5-13(12-7-18-19-14(12)6-10)17-8-15(20-22)9-1-3-11(21)4-2-9/h1-7,17,21-22H,8H2,(H,18,19)/b20-15+. The Bertz CT molecular complexity index is 827. The summed E-state index contributed by atoms with van der Waals surface area (Å²) in [5.41, 5.74) is 2.98. The van der Waals surface area contributed by atoms with Crippen LogP contribution < -0.4 is 5.32 Å². The fourth-order valence-electron chi connectivity index (χ4n) is 2.19. The Labute approximate surface area is 134 Å². The average molecular weight is 361 g/mol. The Morgan fingerprint density at radius 2 is 2.05 bits per heavy atom. The largest absolute Gasteiger partial charge is 0.508 e. The first-order chi connectivity index (χ1) is 10.7. The summed E-state index contributed by atoms with van der Waals surface area (Å²) in [5.74, 6) is 0.168. The smallest absolute Gasteiger partial charge is 0.115 e. The number of aromatic hydroxyl groups is 1. The SMILES string of the molecule is O/N=C(\CNc1cc(Br)cc2[nH]ncc12)c1ccc(O)cc1. The van der Waals surface area contributed by atoms with Gasteiger partial charge in [-0.15, -0.1) is 0 Å². The number of phenols is 1. The number of fused-ring (bicyclic) bond motifs is 1. The first-order valence-electron chi connectivity index (χ1n) is 6.54. The molecule has 0 spiro atoms. The average Bonchev–Trinajstić information content (AvgIpc) is 2.97. The van der Waals surface area contributed by atoms with Gasteiger partial charge in [0.25, 0.3) is 0 Å². The predicted octanol–water partition coefficient (Wildman–Crippen LogP) is 3.32. The van der Waals surface area contributed by atoms with Gasteiger partial charge in [0.05, 0.1) is 18.3 Å². The molecule has 0 amide bonds. The van der Waals surface area contributed by atoms with Crippen molar-refractivity contribution in [3.05, 3.63) is 52.6 Å². The molecule has 0 radical (unpaired) electrons. The maximum Gasteiger partial charge on any atom is 0.115 e. The Morgan fingerprint density at radius 3 is 2.77 bits per heavy atom. The third-order valence-electron chi connectivity index (χ3n) is 3.29. The van der Waals surface area contributed by atoms with E-state index in [2.05, 4.69) is 36.6 Å². The minimum Gasteiger partial charge on any atom is -0.508 e. The van der Waals surface area contributed by atoms with E-state index in [0.29, 0.717) is 12.3 Å². The number of phenolic OH excluding ortho intramolecular Hbond substituents is 1. The summed E-state index contributed by atoms with van der Waals surface area (Å²) < 4.78 is 0.916. The van der Waals surface area contributed by atoms with Crippen molar-refractivity contribution in [3.63, 3.8) is 0 Å². The van der Waals surface area contributed by atoms with Crippen LogP contribution in [-0.4, -0.2) is 32.8 Å². The van der Waals surface area contributed by atoms with E-state index in [4.69, 9.17) is 0 Å². The third-order valence-corrected chi connectivity index (χ3v) is 3.75. The quantitative estimate of drug-likeness (QED) is 0.326. The van der Waals surface area contributed by atoms with Gasteiger partial charge in [0, 0.05) is 21.1 Å². The van der Waals surface area contributed by atoms with Crippen molar-refractivity contribution < 1.29 is 10.3 Å². The molecule has 112 valence electrons. The summed E-state index contributed by atoms with van der Waals surface area (Å²) in [6, 6.07) is 10.4. The maximum absolute atomic E-state index is 9.31. The van der Waals surface area contributed by atoms with Crippen LogP contribution in [0.1, 0.15) is 5.56 Å². The lowest BCUT2D eigenvalue weighted by Gasteiger charge is -2.10. The molecule has 1 heterocycles. The number of nitrogens with one attached hydrogen (secondary N) is 2. The van der Waals surface area contributed by atoms with Crippen LogP contribution in [0.15, 0.2) is 52.2 Å². The van der Waals surface area contributed by atoms with Gasteiger partial charge in [0.1, 0.15) is 11.5 Å². The second-order valence-electron chi connectivity index (χ2n) is 4.73. The highest BCUT2D eigenvalue weighted by molar-refractivity contribution is 9.10. The lowest BCUT2D eigenvalue weighted by molar-refractivity contribution is 0.319. The fraction of sp³-hybridized carbons (Fsp3) is 0.0667. The summed E-state index contributed by atoms with van der Waals surface area (Å²) in [6.45, 7) is 0.331. The minimum absolute atomic E-state index is 0.168. The van der Waals surface area contributed by atoms with Gasteiger partial charge in [-0.1, -0.05) is 21.1 Å². The first kappa shape index (κ1) is 14.4. The molecule has 2 aromatic carbocycles. The van der Waals surface area contributed by atoms with Crippen LogP contribution in [0, 0.1) is 0 Å². The van der Waals surface area contributed by atoms with Gasteiger partial charge in [-0.2, -0.15) is 5.10 Å². The highest BCUT2D eigenvalue weighted by Crippen LogP contribution is 2.26. The number of H-pyrrole nitrogens is 1. The number of nitrogens with zero attached hydrogens (tertiary/aromatic N) is 2. The second kappa shape index (κ2) is 6.07. The van der Waals surface area contributed by atoms with Crippen LogP contribution in [0.5, 0.6) is 5.75 Å². The topological polar surface area (TPSA) is 93.5 Å². The number of aromatic amines is 1. The molecule has 0 atom stereocenters. The van der Waals surface area contributed by atoms with E-state index in [9.17, 15) is 10.3 Å². The highest BCUT2D eigenvalue weighted by Gasteiger charge is 2.08. The molecule has 0 unspecified atom stereocenters. The molecule has 0 aliphatic rings. The van der Waals surface area contributed by atoms with E-state index in [1.807, 2.05) is 12.1 Å². The number of aromatic nitrogens is 2. The fourth-order valence-corrected chi connectivity index (χ4v) is 2.65. The maximum atomic E-state index is 9.31. The Morgan fingerprint density at radius 1 is 1.27 bits per heavy atom. The zero-order valence-electron chi connectivity index (χ0n) is 11.4. The van der Waals surface area contributed by atoms with E-state index in [-0.39, 0.29) is 5.75 Å². The van der Waals surface area contributed by atoms with E-state index in [1.54, 1.807) is 30.5 Å². The van der Waals surface area contributed by atoms with Gasteiger partial charge in [-0.05, 0) is 36.4 Å². The van der Waals surface area contributed by atoms with Crippen LogP contribution in [0.2, 0.25) is 0 Å².